The van der Waals surface area contributed by atoms with Crippen molar-refractivity contribution < 1.29 is 19.1 Å². The number of benzene rings is 1. The molecular formula is C15H16FN3O3. The highest BCUT2D eigenvalue weighted by molar-refractivity contribution is 5.96. The number of hydrogen-bond acceptors (Lipinski definition) is 3. The van der Waals surface area contributed by atoms with Gasteiger partial charge in [-0.1, -0.05) is 0 Å². The number of nitrogens with one attached hydrogen (secondary N) is 1. The van der Waals surface area contributed by atoms with Crippen LogP contribution in [0, 0.1) is 12.7 Å². The Morgan fingerprint density at radius 3 is 2.59 bits per heavy atom. The number of carboxylic acid groups (broad SMARTS) is 1. The second-order valence-corrected chi connectivity index (χ2v) is 5.46. The largest absolute Gasteiger partial charge is 0.480 e. The topological polar surface area (TPSA) is 84.2 Å². The van der Waals surface area contributed by atoms with Gasteiger partial charge in [-0.25, -0.2) is 13.9 Å². The predicted molar refractivity (Wildman–Crippen MR) is 77.4 cm³/mol. The zero-order chi connectivity index (χ0) is 16.5. The van der Waals surface area contributed by atoms with E-state index in [0.717, 1.165) is 0 Å². The van der Waals surface area contributed by atoms with Crippen LogP contribution in [-0.2, 0) is 4.79 Å². The van der Waals surface area contributed by atoms with Crippen molar-refractivity contribution in [3.05, 3.63) is 47.5 Å². The zero-order valence-corrected chi connectivity index (χ0v) is 12.4. The third-order valence-electron chi connectivity index (χ3n) is 3.19. The van der Waals surface area contributed by atoms with Crippen LogP contribution < -0.4 is 5.32 Å². The highest BCUT2D eigenvalue weighted by Gasteiger charge is 2.30. The highest BCUT2D eigenvalue weighted by Crippen LogP contribution is 2.15. The molecular weight excluding hydrogens is 289 g/mol. The van der Waals surface area contributed by atoms with Crippen molar-refractivity contribution in [3.63, 3.8) is 0 Å². The molecule has 0 aliphatic heterocycles. The molecule has 6 nitrogen and oxygen atoms in total. The zero-order valence-electron chi connectivity index (χ0n) is 12.4. The summed E-state index contributed by atoms with van der Waals surface area (Å²) >= 11 is 0. The van der Waals surface area contributed by atoms with Gasteiger partial charge < -0.3 is 10.4 Å². The van der Waals surface area contributed by atoms with Gasteiger partial charge >= 0.3 is 5.97 Å². The van der Waals surface area contributed by atoms with Crippen LogP contribution >= 0.6 is 0 Å². The number of carbonyl (C=O) groups excluding carboxylic acids is 1. The number of aryl methyl sites for hydroxylation is 1. The van der Waals surface area contributed by atoms with Crippen molar-refractivity contribution in [3.8, 4) is 5.69 Å². The molecule has 0 spiro atoms. The first-order valence-electron chi connectivity index (χ1n) is 6.59. The van der Waals surface area contributed by atoms with Crippen LogP contribution in [0.2, 0.25) is 0 Å². The van der Waals surface area contributed by atoms with E-state index in [1.54, 1.807) is 19.2 Å². The number of carbonyl (C=O) groups is 2. The van der Waals surface area contributed by atoms with Crippen molar-refractivity contribution in [2.75, 3.05) is 0 Å². The molecule has 2 rings (SSSR count). The first kappa shape index (κ1) is 15.7. The Morgan fingerprint density at radius 1 is 1.32 bits per heavy atom. The molecule has 0 saturated heterocycles. The van der Waals surface area contributed by atoms with Crippen LogP contribution in [0.4, 0.5) is 4.39 Å². The molecule has 7 heteroatoms. The molecule has 2 N–H and O–H groups in total. The minimum atomic E-state index is -1.40. The number of nitrogens with zero attached hydrogens (tertiary/aromatic N) is 2. The van der Waals surface area contributed by atoms with E-state index in [1.165, 1.54) is 36.7 Å². The second kappa shape index (κ2) is 5.59. The van der Waals surface area contributed by atoms with Crippen LogP contribution in [0.15, 0.2) is 30.5 Å². The Morgan fingerprint density at radius 2 is 2.00 bits per heavy atom. The van der Waals surface area contributed by atoms with Crippen LogP contribution in [0.1, 0.15) is 29.9 Å². The molecule has 0 unspecified atom stereocenters. The van der Waals surface area contributed by atoms with Gasteiger partial charge in [0.2, 0.25) is 0 Å². The van der Waals surface area contributed by atoms with Gasteiger partial charge in [0.25, 0.3) is 5.91 Å². The smallest absolute Gasteiger partial charge is 0.328 e. The number of rotatable bonds is 4. The monoisotopic (exact) mass is 305 g/mol. The molecule has 1 aromatic heterocycles. The third-order valence-corrected chi connectivity index (χ3v) is 3.19. The predicted octanol–water partition coefficient (Wildman–Crippen LogP) is 1.91. The maximum Gasteiger partial charge on any atom is 0.328 e. The number of halogens is 1. The van der Waals surface area contributed by atoms with Crippen molar-refractivity contribution in [2.24, 2.45) is 0 Å². The minimum Gasteiger partial charge on any atom is -0.480 e. The van der Waals surface area contributed by atoms with Gasteiger partial charge in [-0.3, -0.25) is 4.79 Å². The average molecular weight is 305 g/mol. The maximum absolute atomic E-state index is 13.1. The standard InChI is InChI=1S/C15H16FN3O3/c1-9-8-10(16)4-5-12(9)19-7-6-11(18-19)13(20)17-15(2,3)14(21)22/h4-8H,1-3H3,(H,17,20)(H,21,22). The average Bonchev–Trinajstić information content (AvgIpc) is 2.87. The van der Waals surface area contributed by atoms with E-state index in [2.05, 4.69) is 10.4 Å². The molecule has 116 valence electrons. The fourth-order valence-electron chi connectivity index (χ4n) is 1.86. The van der Waals surface area contributed by atoms with E-state index in [0.29, 0.717) is 11.3 Å². The summed E-state index contributed by atoms with van der Waals surface area (Å²) in [6.07, 6.45) is 1.56. The van der Waals surface area contributed by atoms with Gasteiger partial charge in [0.05, 0.1) is 5.69 Å². The lowest BCUT2D eigenvalue weighted by Crippen LogP contribution is -2.49. The van der Waals surface area contributed by atoms with Crippen molar-refractivity contribution in [1.29, 1.82) is 0 Å². The molecule has 2 aromatic rings. The van der Waals surface area contributed by atoms with Crippen LogP contribution in [0.5, 0.6) is 0 Å². The van der Waals surface area contributed by atoms with E-state index >= 15 is 0 Å². The Labute approximate surface area is 126 Å². The summed E-state index contributed by atoms with van der Waals surface area (Å²) in [5, 5.41) is 15.5. The SMILES string of the molecule is Cc1cc(F)ccc1-n1ccc(C(=O)NC(C)(C)C(=O)O)n1. The first-order valence-corrected chi connectivity index (χ1v) is 6.59. The van der Waals surface area contributed by atoms with E-state index in [-0.39, 0.29) is 11.5 Å². The summed E-state index contributed by atoms with van der Waals surface area (Å²) in [5.41, 5.74) is -0.0101. The Kier molecular flexibility index (Phi) is 3.99. The van der Waals surface area contributed by atoms with Gasteiger partial charge in [-0.05, 0) is 50.6 Å². The first-order chi connectivity index (χ1) is 10.2. The van der Waals surface area contributed by atoms with Crippen molar-refractivity contribution in [2.45, 2.75) is 26.3 Å². The summed E-state index contributed by atoms with van der Waals surface area (Å²) in [7, 11) is 0. The maximum atomic E-state index is 13.1. The Balaban J connectivity index is 2.25. The Hall–Kier alpha value is -2.70. The molecule has 0 aliphatic carbocycles. The van der Waals surface area contributed by atoms with Crippen LogP contribution in [-0.4, -0.2) is 32.3 Å². The second-order valence-electron chi connectivity index (χ2n) is 5.46. The van der Waals surface area contributed by atoms with Gasteiger partial charge in [0.1, 0.15) is 11.4 Å². The summed E-state index contributed by atoms with van der Waals surface area (Å²) in [4.78, 5) is 23.1. The quantitative estimate of drug-likeness (QED) is 0.903. The Bertz CT molecular complexity index is 737. The number of aromatic nitrogens is 2. The van der Waals surface area contributed by atoms with Crippen molar-refractivity contribution >= 4 is 11.9 Å². The van der Waals surface area contributed by atoms with Crippen molar-refractivity contribution in [1.82, 2.24) is 15.1 Å². The van der Waals surface area contributed by atoms with Crippen LogP contribution in [0.3, 0.4) is 0 Å². The number of aliphatic carboxylic acids is 1. The summed E-state index contributed by atoms with van der Waals surface area (Å²) < 4.78 is 14.6. The van der Waals surface area contributed by atoms with E-state index < -0.39 is 17.4 Å². The lowest BCUT2D eigenvalue weighted by atomic mass is 10.1. The molecule has 1 heterocycles. The molecule has 0 atom stereocenters. The molecule has 1 aromatic carbocycles. The molecule has 0 radical (unpaired) electrons. The molecule has 0 saturated carbocycles. The lowest BCUT2D eigenvalue weighted by molar-refractivity contribution is -0.143. The van der Waals surface area contributed by atoms with Gasteiger partial charge in [-0.15, -0.1) is 0 Å². The minimum absolute atomic E-state index is 0.0815. The fraction of sp³-hybridized carbons (Fsp3) is 0.267. The number of amides is 1. The van der Waals surface area contributed by atoms with E-state index in [4.69, 9.17) is 5.11 Å². The van der Waals surface area contributed by atoms with Gasteiger partial charge in [0.15, 0.2) is 5.69 Å². The van der Waals surface area contributed by atoms with E-state index in [1.807, 2.05) is 0 Å². The molecule has 0 bridgehead atoms. The summed E-state index contributed by atoms with van der Waals surface area (Å²) in [5.74, 6) is -2.09. The molecule has 0 aliphatic rings. The van der Waals surface area contributed by atoms with Gasteiger partial charge in [-0.2, -0.15) is 5.10 Å². The number of hydrogen-bond donors (Lipinski definition) is 2. The highest BCUT2D eigenvalue weighted by atomic mass is 19.1. The summed E-state index contributed by atoms with van der Waals surface area (Å²) in [6, 6.07) is 5.69. The summed E-state index contributed by atoms with van der Waals surface area (Å²) in [6.45, 7) is 4.50. The lowest BCUT2D eigenvalue weighted by Gasteiger charge is -2.20. The normalized spacial score (nSPS) is 11.3. The fourth-order valence-corrected chi connectivity index (χ4v) is 1.86. The van der Waals surface area contributed by atoms with Gasteiger partial charge in [0, 0.05) is 6.20 Å². The van der Waals surface area contributed by atoms with Crippen LogP contribution in [0.25, 0.3) is 5.69 Å². The van der Waals surface area contributed by atoms with E-state index in [9.17, 15) is 14.0 Å². The molecule has 0 fully saturated rings. The third kappa shape index (κ3) is 3.13. The molecule has 1 amide bonds. The number of carboxylic acids is 1. The molecule has 22 heavy (non-hydrogen) atoms.